The third-order valence-electron chi connectivity index (χ3n) is 2.72. The molecule has 0 fully saturated rings. The molecule has 3 nitrogen and oxygen atoms in total. The second kappa shape index (κ2) is 7.50. The minimum atomic E-state index is -4.09. The van der Waals surface area contributed by atoms with Gasteiger partial charge in [0.15, 0.2) is 0 Å². The summed E-state index contributed by atoms with van der Waals surface area (Å²) in [5.41, 5.74) is 6.21. The van der Waals surface area contributed by atoms with Crippen LogP contribution in [0.5, 0.6) is 0 Å². The topological polar surface area (TPSA) is 55.1 Å². The molecule has 1 aromatic rings. The lowest BCUT2D eigenvalue weighted by Gasteiger charge is -2.08. The van der Waals surface area contributed by atoms with Gasteiger partial charge in [-0.2, -0.15) is 13.2 Å². The van der Waals surface area contributed by atoms with Gasteiger partial charge in [-0.25, -0.2) is 0 Å². The van der Waals surface area contributed by atoms with Crippen molar-refractivity contribution in [3.63, 3.8) is 0 Å². The van der Waals surface area contributed by atoms with E-state index in [-0.39, 0.29) is 6.42 Å². The largest absolute Gasteiger partial charge is 0.389 e. The molecule has 0 aliphatic heterocycles. The Morgan fingerprint density at radius 1 is 1.30 bits per heavy atom. The highest BCUT2D eigenvalue weighted by Crippen LogP contribution is 2.22. The third kappa shape index (κ3) is 6.25. The fourth-order valence-corrected chi connectivity index (χ4v) is 1.89. The van der Waals surface area contributed by atoms with Gasteiger partial charge in [-0.05, 0) is 37.1 Å². The van der Waals surface area contributed by atoms with Crippen molar-refractivity contribution in [2.45, 2.75) is 32.0 Å². The molecule has 0 atom stereocenters. The van der Waals surface area contributed by atoms with Gasteiger partial charge < -0.3 is 11.1 Å². The monoisotopic (exact) mass is 308 g/mol. The van der Waals surface area contributed by atoms with Gasteiger partial charge in [-0.3, -0.25) is 4.79 Å². The number of carbonyl (C=O) groups excluding carboxylic acids is 1. The molecule has 7 heteroatoms. The zero-order valence-corrected chi connectivity index (χ0v) is 11.5. The molecular formula is C13H16ClF3N2O. The average molecular weight is 309 g/mol. The first-order valence-corrected chi connectivity index (χ1v) is 6.53. The summed E-state index contributed by atoms with van der Waals surface area (Å²) in [6.07, 6.45) is -4.31. The Morgan fingerprint density at radius 3 is 2.55 bits per heavy atom. The van der Waals surface area contributed by atoms with E-state index in [1.54, 1.807) is 12.1 Å². The standard InChI is InChI=1S/C13H16ClF3N2O/c14-11-7-9(12(18)20)3-4-10(11)8-19-6-2-1-5-13(15,16)17/h3-4,7,19H,1-2,5-6,8H2,(H2,18,20). The number of rotatable bonds is 7. The Kier molecular flexibility index (Phi) is 6.29. The summed E-state index contributed by atoms with van der Waals surface area (Å²) in [4.78, 5) is 10.9. The van der Waals surface area contributed by atoms with E-state index >= 15 is 0 Å². The summed E-state index contributed by atoms with van der Waals surface area (Å²) in [5.74, 6) is -0.557. The maximum Gasteiger partial charge on any atom is 0.389 e. The molecule has 112 valence electrons. The van der Waals surface area contributed by atoms with Gasteiger partial charge in [0, 0.05) is 23.6 Å². The number of amides is 1. The first-order chi connectivity index (χ1) is 9.29. The maximum absolute atomic E-state index is 11.9. The van der Waals surface area contributed by atoms with Crippen LogP contribution in [0.1, 0.15) is 35.2 Å². The zero-order valence-electron chi connectivity index (χ0n) is 10.8. The van der Waals surface area contributed by atoms with Crippen molar-refractivity contribution in [1.29, 1.82) is 0 Å². The summed E-state index contributed by atoms with van der Waals surface area (Å²) in [6, 6.07) is 4.71. The average Bonchev–Trinajstić information content (AvgIpc) is 2.33. The van der Waals surface area contributed by atoms with Crippen LogP contribution < -0.4 is 11.1 Å². The molecule has 0 radical (unpaired) electrons. The van der Waals surface area contributed by atoms with Gasteiger partial charge >= 0.3 is 6.18 Å². The molecule has 20 heavy (non-hydrogen) atoms. The lowest BCUT2D eigenvalue weighted by Crippen LogP contribution is -2.16. The second-order valence-electron chi connectivity index (χ2n) is 4.42. The van der Waals surface area contributed by atoms with Gasteiger partial charge in [-0.1, -0.05) is 17.7 Å². The number of nitrogens with one attached hydrogen (secondary N) is 1. The Morgan fingerprint density at radius 2 is 2.00 bits per heavy atom. The molecule has 0 unspecified atom stereocenters. The molecule has 0 heterocycles. The van der Waals surface area contributed by atoms with Crippen LogP contribution in [0.15, 0.2) is 18.2 Å². The van der Waals surface area contributed by atoms with E-state index in [4.69, 9.17) is 17.3 Å². The van der Waals surface area contributed by atoms with Crippen LogP contribution in [0.4, 0.5) is 13.2 Å². The van der Waals surface area contributed by atoms with Crippen LogP contribution in [0.2, 0.25) is 5.02 Å². The first-order valence-electron chi connectivity index (χ1n) is 6.15. The predicted octanol–water partition coefficient (Wildman–Crippen LogP) is 3.26. The Labute approximate surface area is 120 Å². The van der Waals surface area contributed by atoms with Crippen LogP contribution in [0.3, 0.4) is 0 Å². The Balaban J connectivity index is 2.31. The van der Waals surface area contributed by atoms with E-state index in [0.717, 1.165) is 5.56 Å². The highest BCUT2D eigenvalue weighted by molar-refractivity contribution is 6.31. The fourth-order valence-electron chi connectivity index (χ4n) is 1.64. The van der Waals surface area contributed by atoms with Crippen molar-refractivity contribution in [2.24, 2.45) is 5.73 Å². The molecule has 3 N–H and O–H groups in total. The van der Waals surface area contributed by atoms with Crippen LogP contribution in [-0.2, 0) is 6.54 Å². The summed E-state index contributed by atoms with van der Waals surface area (Å²) in [6.45, 7) is 0.911. The van der Waals surface area contributed by atoms with Crippen molar-refractivity contribution in [3.8, 4) is 0 Å². The molecule has 0 saturated heterocycles. The Bertz CT molecular complexity index is 463. The van der Waals surface area contributed by atoms with Gasteiger partial charge in [0.05, 0.1) is 0 Å². The fraction of sp³-hybridized carbons (Fsp3) is 0.462. The molecule has 0 aliphatic carbocycles. The number of primary amides is 1. The van der Waals surface area contributed by atoms with Gasteiger partial charge in [-0.15, -0.1) is 0 Å². The second-order valence-corrected chi connectivity index (χ2v) is 4.83. The smallest absolute Gasteiger partial charge is 0.366 e. The maximum atomic E-state index is 11.9. The zero-order chi connectivity index (χ0) is 15.2. The molecule has 1 amide bonds. The number of carbonyl (C=O) groups is 1. The van der Waals surface area contributed by atoms with Crippen molar-refractivity contribution in [1.82, 2.24) is 5.32 Å². The quantitative estimate of drug-likeness (QED) is 0.760. The van der Waals surface area contributed by atoms with E-state index < -0.39 is 18.5 Å². The molecule has 1 aromatic carbocycles. The van der Waals surface area contributed by atoms with Crippen LogP contribution in [-0.4, -0.2) is 18.6 Å². The molecule has 1 rings (SSSR count). The summed E-state index contributed by atoms with van der Waals surface area (Å²) >= 11 is 5.98. The lowest BCUT2D eigenvalue weighted by atomic mass is 10.1. The number of nitrogens with two attached hydrogens (primary N) is 1. The van der Waals surface area contributed by atoms with Crippen molar-refractivity contribution < 1.29 is 18.0 Å². The van der Waals surface area contributed by atoms with E-state index in [0.29, 0.717) is 30.1 Å². The molecule has 0 aliphatic rings. The highest BCUT2D eigenvalue weighted by atomic mass is 35.5. The van der Waals surface area contributed by atoms with Crippen LogP contribution in [0.25, 0.3) is 0 Å². The highest BCUT2D eigenvalue weighted by Gasteiger charge is 2.25. The lowest BCUT2D eigenvalue weighted by molar-refractivity contribution is -0.135. The van der Waals surface area contributed by atoms with E-state index in [9.17, 15) is 18.0 Å². The summed E-state index contributed by atoms with van der Waals surface area (Å²) in [5, 5.41) is 3.42. The van der Waals surface area contributed by atoms with Crippen molar-refractivity contribution in [3.05, 3.63) is 34.3 Å². The first kappa shape index (κ1) is 16.8. The number of unbranched alkanes of at least 4 members (excludes halogenated alkanes) is 1. The van der Waals surface area contributed by atoms with Crippen LogP contribution >= 0.6 is 11.6 Å². The van der Waals surface area contributed by atoms with E-state index in [2.05, 4.69) is 5.32 Å². The third-order valence-corrected chi connectivity index (χ3v) is 3.07. The normalized spacial score (nSPS) is 11.6. The minimum Gasteiger partial charge on any atom is -0.366 e. The number of benzene rings is 1. The van der Waals surface area contributed by atoms with Gasteiger partial charge in [0.25, 0.3) is 0 Å². The van der Waals surface area contributed by atoms with Crippen molar-refractivity contribution >= 4 is 17.5 Å². The number of hydrogen-bond acceptors (Lipinski definition) is 2. The summed E-state index contributed by atoms with van der Waals surface area (Å²) < 4.78 is 35.7. The van der Waals surface area contributed by atoms with Gasteiger partial charge in [0.2, 0.25) is 5.91 Å². The van der Waals surface area contributed by atoms with Crippen molar-refractivity contribution in [2.75, 3.05) is 6.54 Å². The Hall–Kier alpha value is -1.27. The van der Waals surface area contributed by atoms with Crippen LogP contribution in [0, 0.1) is 0 Å². The molecule has 0 spiro atoms. The molecule has 0 bridgehead atoms. The van der Waals surface area contributed by atoms with E-state index in [1.807, 2.05) is 0 Å². The SMILES string of the molecule is NC(=O)c1ccc(CNCCCCC(F)(F)F)c(Cl)c1. The number of hydrogen-bond donors (Lipinski definition) is 2. The minimum absolute atomic E-state index is 0.102. The number of halogens is 4. The summed E-state index contributed by atoms with van der Waals surface area (Å²) in [7, 11) is 0. The van der Waals surface area contributed by atoms with Gasteiger partial charge in [0.1, 0.15) is 0 Å². The predicted molar refractivity (Wildman–Crippen MR) is 71.6 cm³/mol. The molecule has 0 aromatic heterocycles. The number of alkyl halides is 3. The molecular weight excluding hydrogens is 293 g/mol. The van der Waals surface area contributed by atoms with E-state index in [1.165, 1.54) is 6.07 Å². The molecule has 0 saturated carbocycles.